The second-order valence-electron chi connectivity index (χ2n) is 6.75. The number of aryl methyl sites for hydroxylation is 2. The molecule has 7 nitrogen and oxygen atoms in total. The van der Waals surface area contributed by atoms with Gasteiger partial charge in [-0.3, -0.25) is 4.79 Å². The standard InChI is InChI=1S/C18H31N5O2S/c1-13-14(2)26-16(22-13)8-9-19-18(21-12-17(24)23(3)4)20-11-15-7-5-6-10-25-15/h15H,5-12H2,1-4H3,(H2,19,20,21). The first kappa shape index (κ1) is 20.6. The molecular weight excluding hydrogens is 350 g/mol. The predicted octanol–water partition coefficient (Wildman–Crippen LogP) is 1.49. The van der Waals surface area contributed by atoms with Crippen molar-refractivity contribution in [1.82, 2.24) is 20.5 Å². The number of carbonyl (C=O) groups is 1. The number of amides is 1. The number of aromatic nitrogens is 1. The molecule has 2 rings (SSSR count). The summed E-state index contributed by atoms with van der Waals surface area (Å²) in [6, 6.07) is 0. The number of ether oxygens (including phenoxy) is 1. The third-order valence-electron chi connectivity index (χ3n) is 4.35. The normalized spacial score (nSPS) is 17.8. The number of nitrogens with zero attached hydrogens (tertiary/aromatic N) is 3. The summed E-state index contributed by atoms with van der Waals surface area (Å²) in [7, 11) is 3.47. The average Bonchev–Trinajstić information content (AvgIpc) is 2.95. The smallest absolute Gasteiger partial charge is 0.243 e. The van der Waals surface area contributed by atoms with Crippen LogP contribution in [0, 0.1) is 13.8 Å². The average molecular weight is 382 g/mol. The molecule has 1 amide bonds. The van der Waals surface area contributed by atoms with Crippen molar-refractivity contribution in [2.45, 2.75) is 45.6 Å². The first-order valence-corrected chi connectivity index (χ1v) is 10.0. The molecule has 0 bridgehead atoms. The monoisotopic (exact) mass is 381 g/mol. The van der Waals surface area contributed by atoms with Crippen LogP contribution in [0.2, 0.25) is 0 Å². The summed E-state index contributed by atoms with van der Waals surface area (Å²) in [5.74, 6) is 0.630. The van der Waals surface area contributed by atoms with Gasteiger partial charge in [-0.25, -0.2) is 9.98 Å². The summed E-state index contributed by atoms with van der Waals surface area (Å²) in [5.41, 5.74) is 1.10. The Labute approximate surface area is 160 Å². The van der Waals surface area contributed by atoms with Gasteiger partial charge in [0, 0.05) is 45.1 Å². The zero-order valence-corrected chi connectivity index (χ0v) is 17.1. The fraction of sp³-hybridized carbons (Fsp3) is 0.722. The second kappa shape index (κ2) is 10.5. The minimum atomic E-state index is -0.0220. The Kier molecular flexibility index (Phi) is 8.31. The Hall–Kier alpha value is -1.67. The van der Waals surface area contributed by atoms with E-state index < -0.39 is 0 Å². The predicted molar refractivity (Wildman–Crippen MR) is 106 cm³/mol. The molecule has 2 N–H and O–H groups in total. The highest BCUT2D eigenvalue weighted by Crippen LogP contribution is 2.16. The summed E-state index contributed by atoms with van der Waals surface area (Å²) < 4.78 is 5.75. The van der Waals surface area contributed by atoms with E-state index in [2.05, 4.69) is 27.5 Å². The van der Waals surface area contributed by atoms with E-state index in [1.54, 1.807) is 30.3 Å². The Morgan fingerprint density at radius 2 is 2.15 bits per heavy atom. The molecule has 0 saturated carbocycles. The number of guanidine groups is 1. The fourth-order valence-electron chi connectivity index (χ4n) is 2.58. The molecule has 0 spiro atoms. The number of carbonyl (C=O) groups excluding carboxylic acids is 1. The Bertz CT molecular complexity index is 589. The van der Waals surface area contributed by atoms with Crippen molar-refractivity contribution >= 4 is 23.2 Å². The molecule has 1 aliphatic rings. The van der Waals surface area contributed by atoms with Gasteiger partial charge in [-0.2, -0.15) is 0 Å². The van der Waals surface area contributed by atoms with Crippen molar-refractivity contribution in [2.24, 2.45) is 4.99 Å². The van der Waals surface area contributed by atoms with Crippen LogP contribution in [-0.2, 0) is 16.0 Å². The molecule has 1 fully saturated rings. The van der Waals surface area contributed by atoms with Gasteiger partial charge in [0.25, 0.3) is 0 Å². The minimum Gasteiger partial charge on any atom is -0.376 e. The van der Waals surface area contributed by atoms with Gasteiger partial charge in [-0.15, -0.1) is 11.3 Å². The molecule has 0 aromatic carbocycles. The van der Waals surface area contributed by atoms with Crippen LogP contribution < -0.4 is 10.6 Å². The fourth-order valence-corrected chi connectivity index (χ4v) is 3.51. The van der Waals surface area contributed by atoms with Crippen LogP contribution in [0.15, 0.2) is 4.99 Å². The van der Waals surface area contributed by atoms with Gasteiger partial charge < -0.3 is 20.3 Å². The Balaban J connectivity index is 1.85. The molecule has 26 heavy (non-hydrogen) atoms. The third kappa shape index (κ3) is 6.92. The van der Waals surface area contributed by atoms with Crippen molar-refractivity contribution < 1.29 is 9.53 Å². The van der Waals surface area contributed by atoms with E-state index in [9.17, 15) is 4.79 Å². The van der Waals surface area contributed by atoms with Gasteiger partial charge in [0.1, 0.15) is 6.54 Å². The number of nitrogens with one attached hydrogen (secondary N) is 2. The zero-order chi connectivity index (χ0) is 18.9. The highest BCUT2D eigenvalue weighted by molar-refractivity contribution is 7.11. The highest BCUT2D eigenvalue weighted by Gasteiger charge is 2.14. The molecule has 2 heterocycles. The Morgan fingerprint density at radius 3 is 2.77 bits per heavy atom. The summed E-state index contributed by atoms with van der Waals surface area (Å²) in [6.45, 7) is 6.51. The second-order valence-corrected chi connectivity index (χ2v) is 8.04. The topological polar surface area (TPSA) is 78.9 Å². The number of rotatable bonds is 7. The molecule has 1 aromatic rings. The van der Waals surface area contributed by atoms with Crippen molar-refractivity contribution in [3.8, 4) is 0 Å². The van der Waals surface area contributed by atoms with E-state index in [0.29, 0.717) is 12.5 Å². The molecule has 8 heteroatoms. The van der Waals surface area contributed by atoms with Crippen LogP contribution in [0.3, 0.4) is 0 Å². The van der Waals surface area contributed by atoms with Gasteiger partial charge in [0.15, 0.2) is 5.96 Å². The van der Waals surface area contributed by atoms with Crippen LogP contribution in [0.1, 0.15) is 34.8 Å². The van der Waals surface area contributed by atoms with Crippen molar-refractivity contribution in [2.75, 3.05) is 40.3 Å². The lowest BCUT2D eigenvalue weighted by atomic mass is 10.1. The molecule has 1 aliphatic heterocycles. The summed E-state index contributed by atoms with van der Waals surface area (Å²) in [4.78, 5) is 23.6. The number of likely N-dealkylation sites (N-methyl/N-ethyl adjacent to an activating group) is 1. The summed E-state index contributed by atoms with van der Waals surface area (Å²) >= 11 is 1.73. The maximum Gasteiger partial charge on any atom is 0.243 e. The van der Waals surface area contributed by atoms with Crippen molar-refractivity contribution in [3.05, 3.63) is 15.6 Å². The maximum absolute atomic E-state index is 11.8. The van der Waals surface area contributed by atoms with E-state index in [4.69, 9.17) is 4.74 Å². The van der Waals surface area contributed by atoms with E-state index in [0.717, 1.165) is 43.1 Å². The quantitative estimate of drug-likeness (QED) is 0.553. The molecule has 1 saturated heterocycles. The van der Waals surface area contributed by atoms with E-state index in [-0.39, 0.29) is 18.6 Å². The largest absolute Gasteiger partial charge is 0.376 e. The molecule has 1 aromatic heterocycles. The molecule has 0 aliphatic carbocycles. The zero-order valence-electron chi connectivity index (χ0n) is 16.3. The first-order valence-electron chi connectivity index (χ1n) is 9.22. The van der Waals surface area contributed by atoms with Gasteiger partial charge in [0.2, 0.25) is 5.91 Å². The van der Waals surface area contributed by atoms with Gasteiger partial charge in [-0.05, 0) is 33.1 Å². The maximum atomic E-state index is 11.8. The number of hydrogen-bond acceptors (Lipinski definition) is 5. The molecule has 146 valence electrons. The lowest BCUT2D eigenvalue weighted by Crippen LogP contribution is -2.43. The van der Waals surface area contributed by atoms with Crippen LogP contribution in [-0.4, -0.2) is 68.2 Å². The van der Waals surface area contributed by atoms with Gasteiger partial charge in [0.05, 0.1) is 16.8 Å². The summed E-state index contributed by atoms with van der Waals surface area (Å²) in [6.07, 6.45) is 4.45. The Morgan fingerprint density at radius 1 is 1.35 bits per heavy atom. The lowest BCUT2D eigenvalue weighted by molar-refractivity contribution is -0.127. The minimum absolute atomic E-state index is 0.0220. The van der Waals surface area contributed by atoms with Crippen molar-refractivity contribution in [1.29, 1.82) is 0 Å². The van der Waals surface area contributed by atoms with Crippen molar-refractivity contribution in [3.63, 3.8) is 0 Å². The van der Waals surface area contributed by atoms with Crippen LogP contribution >= 0.6 is 11.3 Å². The van der Waals surface area contributed by atoms with Gasteiger partial charge in [-0.1, -0.05) is 0 Å². The number of aliphatic imine (C=N–C) groups is 1. The third-order valence-corrected chi connectivity index (χ3v) is 5.48. The van der Waals surface area contributed by atoms with E-state index in [1.165, 1.54) is 11.3 Å². The van der Waals surface area contributed by atoms with Gasteiger partial charge >= 0.3 is 0 Å². The number of thiazole rings is 1. The number of hydrogen-bond donors (Lipinski definition) is 2. The SMILES string of the molecule is Cc1nc(CCNC(=NCC(=O)N(C)C)NCC2CCCCO2)sc1C. The highest BCUT2D eigenvalue weighted by atomic mass is 32.1. The lowest BCUT2D eigenvalue weighted by Gasteiger charge is -2.24. The summed E-state index contributed by atoms with van der Waals surface area (Å²) in [5, 5.41) is 7.74. The molecule has 1 unspecified atom stereocenters. The molecule has 1 atom stereocenters. The molecule has 0 radical (unpaired) electrons. The van der Waals surface area contributed by atoms with Crippen LogP contribution in [0.25, 0.3) is 0 Å². The van der Waals surface area contributed by atoms with E-state index in [1.807, 2.05) is 6.92 Å². The first-order chi connectivity index (χ1) is 12.5. The molecular formula is C18H31N5O2S. The van der Waals surface area contributed by atoms with E-state index >= 15 is 0 Å². The van der Waals surface area contributed by atoms with Crippen LogP contribution in [0.4, 0.5) is 0 Å². The van der Waals surface area contributed by atoms with Crippen LogP contribution in [0.5, 0.6) is 0 Å².